The van der Waals surface area contributed by atoms with Gasteiger partial charge in [0, 0.05) is 11.1 Å². The molecule has 1 heterocycles. The van der Waals surface area contributed by atoms with Gasteiger partial charge in [0.1, 0.15) is 4.60 Å². The van der Waals surface area contributed by atoms with Crippen molar-refractivity contribution in [2.24, 2.45) is 0 Å². The Hall–Kier alpha value is -1.09. The zero-order valence-electron chi connectivity index (χ0n) is 8.79. The molecule has 78 valence electrons. The smallest absolute Gasteiger partial charge is 0.107 e. The van der Waals surface area contributed by atoms with E-state index in [-0.39, 0.29) is 0 Å². The van der Waals surface area contributed by atoms with Crippen molar-refractivity contribution in [1.82, 2.24) is 4.98 Å². The summed E-state index contributed by atoms with van der Waals surface area (Å²) in [5.74, 6) is 0.466. The Kier molecular flexibility index (Phi) is 2.65. The molecular weight excluding hydrogens is 252 g/mol. The van der Waals surface area contributed by atoms with Gasteiger partial charge in [0.15, 0.2) is 0 Å². The summed E-state index contributed by atoms with van der Waals surface area (Å²) in [6, 6.07) is 7.89. The number of nitrogen functional groups attached to an aromatic ring is 1. The van der Waals surface area contributed by atoms with E-state index in [4.69, 9.17) is 5.73 Å². The molecule has 15 heavy (non-hydrogen) atoms. The number of nitrogens with two attached hydrogens (primary N) is 1. The van der Waals surface area contributed by atoms with Crippen molar-refractivity contribution in [2.45, 2.75) is 19.8 Å². The lowest BCUT2D eigenvalue weighted by molar-refractivity contribution is 0.873. The van der Waals surface area contributed by atoms with Crippen LogP contribution in [0.15, 0.2) is 28.9 Å². The highest BCUT2D eigenvalue weighted by molar-refractivity contribution is 9.10. The molecule has 0 amide bonds. The van der Waals surface area contributed by atoms with Crippen molar-refractivity contribution in [2.75, 3.05) is 5.73 Å². The summed E-state index contributed by atoms with van der Waals surface area (Å²) in [4.78, 5) is 4.42. The number of pyridine rings is 1. The average Bonchev–Trinajstić information content (AvgIpc) is 2.17. The topological polar surface area (TPSA) is 38.9 Å². The SMILES string of the molecule is CC(C)c1cc(Br)nc2ccc(N)cc12. The molecule has 0 unspecified atom stereocenters. The Morgan fingerprint density at radius 2 is 2.00 bits per heavy atom. The number of rotatable bonds is 1. The number of halogens is 1. The molecule has 0 aliphatic rings. The van der Waals surface area contributed by atoms with Crippen molar-refractivity contribution in [1.29, 1.82) is 0 Å². The van der Waals surface area contributed by atoms with Gasteiger partial charge in [0.25, 0.3) is 0 Å². The quantitative estimate of drug-likeness (QED) is 0.630. The second-order valence-corrected chi connectivity index (χ2v) is 4.78. The average molecular weight is 265 g/mol. The van der Waals surface area contributed by atoms with Gasteiger partial charge < -0.3 is 5.73 Å². The Morgan fingerprint density at radius 1 is 1.27 bits per heavy atom. The van der Waals surface area contributed by atoms with E-state index in [1.807, 2.05) is 18.2 Å². The van der Waals surface area contributed by atoms with E-state index in [1.165, 1.54) is 5.56 Å². The number of aromatic nitrogens is 1. The predicted octanol–water partition coefficient (Wildman–Crippen LogP) is 3.70. The zero-order chi connectivity index (χ0) is 11.0. The normalized spacial score (nSPS) is 11.2. The fourth-order valence-corrected chi connectivity index (χ4v) is 2.15. The summed E-state index contributed by atoms with van der Waals surface area (Å²) < 4.78 is 0.878. The first-order chi connectivity index (χ1) is 7.08. The van der Waals surface area contributed by atoms with Crippen molar-refractivity contribution in [3.63, 3.8) is 0 Å². The molecule has 2 nitrogen and oxygen atoms in total. The first-order valence-corrected chi connectivity index (χ1v) is 5.73. The Labute approximate surface area is 97.6 Å². The van der Waals surface area contributed by atoms with E-state index in [1.54, 1.807) is 0 Å². The molecule has 0 aliphatic heterocycles. The van der Waals surface area contributed by atoms with E-state index < -0.39 is 0 Å². The van der Waals surface area contributed by atoms with Crippen LogP contribution in [0.2, 0.25) is 0 Å². The van der Waals surface area contributed by atoms with Crippen LogP contribution in [0.4, 0.5) is 5.69 Å². The van der Waals surface area contributed by atoms with E-state index >= 15 is 0 Å². The number of hydrogen-bond acceptors (Lipinski definition) is 2. The molecule has 1 aromatic carbocycles. The van der Waals surface area contributed by atoms with E-state index in [0.717, 1.165) is 21.2 Å². The molecule has 0 saturated heterocycles. The second-order valence-electron chi connectivity index (χ2n) is 3.97. The molecule has 2 aromatic rings. The molecule has 0 spiro atoms. The highest BCUT2D eigenvalue weighted by atomic mass is 79.9. The lowest BCUT2D eigenvalue weighted by Gasteiger charge is -2.10. The number of fused-ring (bicyclic) bond motifs is 1. The largest absolute Gasteiger partial charge is 0.399 e. The lowest BCUT2D eigenvalue weighted by atomic mass is 9.99. The minimum absolute atomic E-state index is 0.466. The van der Waals surface area contributed by atoms with Crippen LogP contribution in [0.3, 0.4) is 0 Å². The summed E-state index contributed by atoms with van der Waals surface area (Å²) in [6.07, 6.45) is 0. The molecule has 2 N–H and O–H groups in total. The fraction of sp³-hybridized carbons (Fsp3) is 0.250. The third-order valence-corrected chi connectivity index (χ3v) is 2.86. The van der Waals surface area contributed by atoms with E-state index in [9.17, 15) is 0 Å². The number of benzene rings is 1. The zero-order valence-corrected chi connectivity index (χ0v) is 10.4. The molecule has 2 rings (SSSR count). The maximum absolute atomic E-state index is 5.79. The monoisotopic (exact) mass is 264 g/mol. The third kappa shape index (κ3) is 1.97. The van der Waals surface area contributed by atoms with Crippen LogP contribution in [0.1, 0.15) is 25.3 Å². The molecule has 0 fully saturated rings. The van der Waals surface area contributed by atoms with Crippen LogP contribution in [-0.4, -0.2) is 4.98 Å². The van der Waals surface area contributed by atoms with Gasteiger partial charge in [0.2, 0.25) is 0 Å². The van der Waals surface area contributed by atoms with Crippen LogP contribution in [0.25, 0.3) is 10.9 Å². The molecule has 3 heteroatoms. The highest BCUT2D eigenvalue weighted by Crippen LogP contribution is 2.28. The maximum Gasteiger partial charge on any atom is 0.107 e. The van der Waals surface area contributed by atoms with Crippen LogP contribution < -0.4 is 5.73 Å². The Morgan fingerprint density at radius 3 is 2.67 bits per heavy atom. The van der Waals surface area contributed by atoms with Gasteiger partial charge in [-0.25, -0.2) is 4.98 Å². The molecule has 0 bridgehead atoms. The summed E-state index contributed by atoms with van der Waals surface area (Å²) in [5.41, 5.74) is 8.84. The van der Waals surface area contributed by atoms with Gasteiger partial charge in [-0.1, -0.05) is 13.8 Å². The van der Waals surface area contributed by atoms with Crippen LogP contribution in [0.5, 0.6) is 0 Å². The van der Waals surface area contributed by atoms with Crippen LogP contribution in [0, 0.1) is 0 Å². The summed E-state index contributed by atoms with van der Waals surface area (Å²) in [7, 11) is 0. The molecule has 0 radical (unpaired) electrons. The summed E-state index contributed by atoms with van der Waals surface area (Å²) >= 11 is 3.43. The molecule has 0 atom stereocenters. The van der Waals surface area contributed by atoms with Crippen LogP contribution >= 0.6 is 15.9 Å². The summed E-state index contributed by atoms with van der Waals surface area (Å²) in [6.45, 7) is 4.34. The van der Waals surface area contributed by atoms with Crippen LogP contribution in [-0.2, 0) is 0 Å². The minimum Gasteiger partial charge on any atom is -0.399 e. The van der Waals surface area contributed by atoms with Crippen molar-refractivity contribution >= 4 is 32.5 Å². The fourth-order valence-electron chi connectivity index (χ4n) is 1.71. The predicted molar refractivity (Wildman–Crippen MR) is 67.9 cm³/mol. The number of nitrogens with zero attached hydrogens (tertiary/aromatic N) is 1. The van der Waals surface area contributed by atoms with Crippen molar-refractivity contribution in [3.8, 4) is 0 Å². The first kappa shape index (κ1) is 10.4. The molecule has 0 aliphatic carbocycles. The maximum atomic E-state index is 5.79. The van der Waals surface area contributed by atoms with Gasteiger partial charge >= 0.3 is 0 Å². The van der Waals surface area contributed by atoms with E-state index in [0.29, 0.717) is 5.92 Å². The highest BCUT2D eigenvalue weighted by Gasteiger charge is 2.08. The Bertz CT molecular complexity index is 506. The minimum atomic E-state index is 0.466. The number of hydrogen-bond donors (Lipinski definition) is 1. The van der Waals surface area contributed by atoms with Gasteiger partial charge in [0.05, 0.1) is 5.52 Å². The standard InChI is InChI=1S/C12H13BrN2/c1-7(2)9-6-12(13)15-11-4-3-8(14)5-10(9)11/h3-7H,14H2,1-2H3. The first-order valence-electron chi connectivity index (χ1n) is 4.93. The van der Waals surface area contributed by atoms with Crippen molar-refractivity contribution in [3.05, 3.63) is 34.4 Å². The van der Waals surface area contributed by atoms with Gasteiger partial charge in [-0.3, -0.25) is 0 Å². The molecule has 0 saturated carbocycles. The molecule has 1 aromatic heterocycles. The summed E-state index contributed by atoms with van der Waals surface area (Å²) in [5, 5.41) is 1.15. The van der Waals surface area contributed by atoms with Gasteiger partial charge in [-0.05, 0) is 51.7 Å². The van der Waals surface area contributed by atoms with Gasteiger partial charge in [-0.2, -0.15) is 0 Å². The van der Waals surface area contributed by atoms with E-state index in [2.05, 4.69) is 40.8 Å². The lowest BCUT2D eigenvalue weighted by Crippen LogP contribution is -1.94. The van der Waals surface area contributed by atoms with Gasteiger partial charge in [-0.15, -0.1) is 0 Å². The van der Waals surface area contributed by atoms with Crippen molar-refractivity contribution < 1.29 is 0 Å². The Balaban J connectivity index is 2.81. The number of anilines is 1. The second kappa shape index (κ2) is 3.81. The molecular formula is C12H13BrN2. The third-order valence-electron chi connectivity index (χ3n) is 2.46.